The maximum atomic E-state index is 12.8. The van der Waals surface area contributed by atoms with Gasteiger partial charge in [0.2, 0.25) is 5.89 Å². The van der Waals surface area contributed by atoms with Crippen molar-refractivity contribution in [3.8, 4) is 28.5 Å². The van der Waals surface area contributed by atoms with Crippen molar-refractivity contribution >= 4 is 5.91 Å². The van der Waals surface area contributed by atoms with Gasteiger partial charge in [-0.25, -0.2) is 4.98 Å². The van der Waals surface area contributed by atoms with Gasteiger partial charge in [0.1, 0.15) is 5.75 Å². The van der Waals surface area contributed by atoms with Gasteiger partial charge in [-0.3, -0.25) is 4.79 Å². The van der Waals surface area contributed by atoms with Gasteiger partial charge >= 0.3 is 12.5 Å². The van der Waals surface area contributed by atoms with E-state index in [1.54, 1.807) is 6.92 Å². The van der Waals surface area contributed by atoms with Gasteiger partial charge in [-0.05, 0) is 43.3 Å². The molecule has 0 fully saturated rings. The van der Waals surface area contributed by atoms with Crippen molar-refractivity contribution in [2.24, 2.45) is 0 Å². The quantitative estimate of drug-likeness (QED) is 0.515. The van der Waals surface area contributed by atoms with Crippen LogP contribution >= 0.6 is 0 Å². The second-order valence-corrected chi connectivity index (χ2v) is 6.18. The third-order valence-corrected chi connectivity index (χ3v) is 4.00. The highest BCUT2D eigenvalue weighted by atomic mass is 19.4. The van der Waals surface area contributed by atoms with Crippen LogP contribution in [0.1, 0.15) is 23.0 Å². The summed E-state index contributed by atoms with van der Waals surface area (Å²) in [7, 11) is 0. The average Bonchev–Trinajstić information content (AvgIpc) is 3.12. The molecule has 5 nitrogen and oxygen atoms in total. The summed E-state index contributed by atoms with van der Waals surface area (Å²) in [6, 6.07) is 8.73. The Morgan fingerprint density at radius 3 is 2.26 bits per heavy atom. The molecule has 1 N–H and O–H groups in total. The van der Waals surface area contributed by atoms with E-state index in [4.69, 9.17) is 4.42 Å². The Balaban J connectivity index is 2.11. The molecule has 1 aromatic heterocycles. The number of rotatable bonds is 5. The van der Waals surface area contributed by atoms with Gasteiger partial charge < -0.3 is 14.5 Å². The molecule has 164 valence electrons. The predicted octanol–water partition coefficient (Wildman–Crippen LogP) is 5.68. The Morgan fingerprint density at radius 1 is 1.03 bits per heavy atom. The fourth-order valence-electron chi connectivity index (χ4n) is 2.69. The van der Waals surface area contributed by atoms with Crippen LogP contribution < -0.4 is 10.1 Å². The summed E-state index contributed by atoms with van der Waals surface area (Å²) in [6.45, 7) is 1.82. The van der Waals surface area contributed by atoms with Crippen LogP contribution in [0.4, 0.5) is 26.3 Å². The van der Waals surface area contributed by atoms with Gasteiger partial charge in [-0.1, -0.05) is 12.1 Å². The van der Waals surface area contributed by atoms with E-state index < -0.39 is 29.8 Å². The molecule has 2 aromatic carbocycles. The molecule has 1 heterocycles. The Hall–Kier alpha value is -3.50. The van der Waals surface area contributed by atoms with Crippen LogP contribution in [0.3, 0.4) is 0 Å². The van der Waals surface area contributed by atoms with E-state index in [9.17, 15) is 31.1 Å². The molecule has 0 aliphatic heterocycles. The first-order valence-electron chi connectivity index (χ1n) is 8.81. The van der Waals surface area contributed by atoms with Gasteiger partial charge in [0.25, 0.3) is 5.91 Å². The SMILES string of the molecule is CCNC(=O)c1nc(-c2ccc(C(F)(F)F)cc2)oc1-c1ccccc1OC(F)(F)F. The minimum atomic E-state index is -5.00. The summed E-state index contributed by atoms with van der Waals surface area (Å²) in [5.74, 6) is -1.93. The molecular formula is C20H14F6N2O3. The zero-order valence-electron chi connectivity index (χ0n) is 15.8. The fraction of sp³-hybridized carbons (Fsp3) is 0.200. The number of benzene rings is 2. The zero-order valence-corrected chi connectivity index (χ0v) is 15.8. The molecule has 0 unspecified atom stereocenters. The highest BCUT2D eigenvalue weighted by Gasteiger charge is 2.34. The molecule has 11 heteroatoms. The Kier molecular flexibility index (Phi) is 5.96. The number of ether oxygens (including phenoxy) is 1. The Labute approximate surface area is 171 Å². The monoisotopic (exact) mass is 444 g/mol. The largest absolute Gasteiger partial charge is 0.573 e. The number of amides is 1. The molecule has 0 aliphatic rings. The van der Waals surface area contributed by atoms with Gasteiger partial charge in [0, 0.05) is 12.1 Å². The second kappa shape index (κ2) is 8.32. The van der Waals surface area contributed by atoms with Crippen molar-refractivity contribution in [2.45, 2.75) is 19.5 Å². The second-order valence-electron chi connectivity index (χ2n) is 6.18. The highest BCUT2D eigenvalue weighted by molar-refractivity contribution is 5.99. The van der Waals surface area contributed by atoms with Gasteiger partial charge in [-0.2, -0.15) is 13.2 Å². The van der Waals surface area contributed by atoms with E-state index in [-0.39, 0.29) is 35.0 Å². The lowest BCUT2D eigenvalue weighted by Gasteiger charge is -2.12. The van der Waals surface area contributed by atoms with Crippen LogP contribution in [0.2, 0.25) is 0 Å². The number of carbonyl (C=O) groups excluding carboxylic acids is 1. The van der Waals surface area contributed by atoms with Crippen LogP contribution in [-0.4, -0.2) is 23.8 Å². The smallest absolute Gasteiger partial charge is 0.435 e. The topological polar surface area (TPSA) is 64.4 Å². The first-order valence-corrected chi connectivity index (χ1v) is 8.81. The number of nitrogens with one attached hydrogen (secondary N) is 1. The lowest BCUT2D eigenvalue weighted by Crippen LogP contribution is -2.23. The molecule has 31 heavy (non-hydrogen) atoms. The van der Waals surface area contributed by atoms with E-state index in [1.807, 2.05) is 0 Å². The van der Waals surface area contributed by atoms with E-state index in [1.165, 1.54) is 18.2 Å². The number of halogens is 6. The summed E-state index contributed by atoms with van der Waals surface area (Å²) in [5.41, 5.74) is -1.35. The molecule has 0 saturated carbocycles. The molecule has 0 spiro atoms. The normalized spacial score (nSPS) is 12.0. The number of hydrogen-bond donors (Lipinski definition) is 1. The van der Waals surface area contributed by atoms with Crippen molar-refractivity contribution in [2.75, 3.05) is 6.54 Å². The van der Waals surface area contributed by atoms with E-state index >= 15 is 0 Å². The summed E-state index contributed by atoms with van der Waals surface area (Å²) >= 11 is 0. The number of hydrogen-bond acceptors (Lipinski definition) is 4. The van der Waals surface area contributed by atoms with Crippen LogP contribution in [0, 0.1) is 0 Å². The Bertz CT molecular complexity index is 1070. The summed E-state index contributed by atoms with van der Waals surface area (Å²) in [5, 5.41) is 2.46. The minimum absolute atomic E-state index is 0.0963. The van der Waals surface area contributed by atoms with Gasteiger partial charge in [0.05, 0.1) is 11.1 Å². The standard InChI is InChI=1S/C20H14F6N2O3/c1-2-27-17(29)15-16(13-5-3-4-6-14(13)31-20(24,25)26)30-18(28-15)11-7-9-12(10-8-11)19(21,22)23/h3-10H,2H2,1H3,(H,27,29). The first kappa shape index (κ1) is 22.2. The fourth-order valence-corrected chi connectivity index (χ4v) is 2.69. The predicted molar refractivity (Wildman–Crippen MR) is 97.1 cm³/mol. The number of oxazole rings is 1. The number of para-hydroxylation sites is 1. The Morgan fingerprint density at radius 2 is 1.68 bits per heavy atom. The number of nitrogens with zero attached hydrogens (tertiary/aromatic N) is 1. The molecule has 1 amide bonds. The number of aromatic nitrogens is 1. The molecule has 3 rings (SSSR count). The molecular weight excluding hydrogens is 430 g/mol. The molecule has 0 saturated heterocycles. The van der Waals surface area contributed by atoms with Gasteiger partial charge in [0.15, 0.2) is 11.5 Å². The summed E-state index contributed by atoms with van der Waals surface area (Å²) < 4.78 is 86.2. The average molecular weight is 444 g/mol. The lowest BCUT2D eigenvalue weighted by atomic mass is 10.1. The van der Waals surface area contributed by atoms with Crippen LogP contribution in [0.25, 0.3) is 22.8 Å². The molecule has 0 aliphatic carbocycles. The van der Waals surface area contributed by atoms with Crippen LogP contribution in [-0.2, 0) is 6.18 Å². The van der Waals surface area contributed by atoms with E-state index in [2.05, 4.69) is 15.0 Å². The van der Waals surface area contributed by atoms with Crippen molar-refractivity contribution < 1.29 is 40.3 Å². The van der Waals surface area contributed by atoms with Crippen molar-refractivity contribution in [1.29, 1.82) is 0 Å². The molecule has 0 atom stereocenters. The third kappa shape index (κ3) is 5.16. The van der Waals surface area contributed by atoms with E-state index in [0.717, 1.165) is 30.3 Å². The summed E-state index contributed by atoms with van der Waals surface area (Å²) in [6.07, 6.45) is -9.56. The molecule has 0 bridgehead atoms. The first-order chi connectivity index (χ1) is 14.5. The highest BCUT2D eigenvalue weighted by Crippen LogP contribution is 2.38. The van der Waals surface area contributed by atoms with E-state index in [0.29, 0.717) is 0 Å². The zero-order chi connectivity index (χ0) is 22.8. The maximum Gasteiger partial charge on any atom is 0.573 e. The van der Waals surface area contributed by atoms with Crippen molar-refractivity contribution in [3.63, 3.8) is 0 Å². The maximum absolute atomic E-state index is 12.8. The van der Waals surface area contributed by atoms with Crippen molar-refractivity contribution in [3.05, 3.63) is 59.8 Å². The number of carbonyl (C=O) groups is 1. The molecule has 3 aromatic rings. The minimum Gasteiger partial charge on any atom is -0.435 e. The lowest BCUT2D eigenvalue weighted by molar-refractivity contribution is -0.274. The number of alkyl halides is 6. The van der Waals surface area contributed by atoms with Crippen LogP contribution in [0.5, 0.6) is 5.75 Å². The molecule has 0 radical (unpaired) electrons. The van der Waals surface area contributed by atoms with Crippen LogP contribution in [0.15, 0.2) is 52.9 Å². The van der Waals surface area contributed by atoms with Gasteiger partial charge in [-0.15, -0.1) is 13.2 Å². The third-order valence-electron chi connectivity index (χ3n) is 4.00. The van der Waals surface area contributed by atoms with Crippen molar-refractivity contribution in [1.82, 2.24) is 10.3 Å². The summed E-state index contributed by atoms with van der Waals surface area (Å²) in [4.78, 5) is 16.4.